The van der Waals surface area contributed by atoms with E-state index in [0.29, 0.717) is 45.3 Å². The Kier molecular flexibility index (Phi) is 10.9. The molecule has 2 aliphatic heterocycles. The van der Waals surface area contributed by atoms with Gasteiger partial charge in [-0.25, -0.2) is 4.79 Å². The van der Waals surface area contributed by atoms with Crippen molar-refractivity contribution in [2.24, 2.45) is 32.5 Å². The molecule has 12 nitrogen and oxygen atoms in total. The summed E-state index contributed by atoms with van der Waals surface area (Å²) in [6.07, 6.45) is 7.60. The Balaban J connectivity index is 1.36. The normalized spacial score (nSPS) is 27.4. The predicted molar refractivity (Wildman–Crippen MR) is 203 cm³/mol. The van der Waals surface area contributed by atoms with E-state index < -0.39 is 47.2 Å². The highest BCUT2D eigenvalue weighted by molar-refractivity contribution is 6.38. The number of piperidine rings is 1. The zero-order valence-electron chi connectivity index (χ0n) is 34.4. The summed E-state index contributed by atoms with van der Waals surface area (Å²) in [5.74, 6) is -2.03. The van der Waals surface area contributed by atoms with Crippen molar-refractivity contribution in [3.8, 4) is 0 Å². The Labute approximate surface area is 317 Å². The molecule has 4 N–H and O–H groups in total. The minimum absolute atomic E-state index is 0.0142. The molecule has 0 unspecified atom stereocenters. The molecule has 0 aromatic carbocycles. The summed E-state index contributed by atoms with van der Waals surface area (Å²) in [5.41, 5.74) is -1.46. The molecule has 2 spiro atoms. The lowest BCUT2D eigenvalue weighted by atomic mass is 9.73. The van der Waals surface area contributed by atoms with Crippen LogP contribution in [0.5, 0.6) is 0 Å². The van der Waals surface area contributed by atoms with Crippen LogP contribution in [0.3, 0.4) is 0 Å². The van der Waals surface area contributed by atoms with Crippen molar-refractivity contribution in [1.82, 2.24) is 31.1 Å². The molecule has 298 valence electrons. The molecule has 5 fully saturated rings. The Morgan fingerprint density at radius 2 is 1.51 bits per heavy atom. The van der Waals surface area contributed by atoms with E-state index in [9.17, 15) is 28.8 Å². The monoisotopic (exact) mass is 741 g/mol. The fourth-order valence-electron chi connectivity index (χ4n) is 9.80. The second-order valence-corrected chi connectivity index (χ2v) is 20.6. The van der Waals surface area contributed by atoms with Crippen LogP contribution < -0.4 is 21.3 Å². The highest BCUT2D eigenvalue weighted by Gasteiger charge is 2.85. The maximum atomic E-state index is 14.9. The van der Waals surface area contributed by atoms with Crippen molar-refractivity contribution in [1.29, 1.82) is 0 Å². The lowest BCUT2D eigenvalue weighted by Crippen LogP contribution is -2.62. The molecular weight excluding hydrogens is 672 g/mol. The van der Waals surface area contributed by atoms with Gasteiger partial charge in [0.15, 0.2) is 0 Å². The number of nitrogens with zero attached hydrogens (tertiary/aromatic N) is 2. The lowest BCUT2D eigenvalue weighted by Gasteiger charge is -2.41. The molecule has 0 radical (unpaired) electrons. The third-order valence-electron chi connectivity index (χ3n) is 13.9. The first-order chi connectivity index (χ1) is 24.4. The van der Waals surface area contributed by atoms with E-state index >= 15 is 0 Å². The fraction of sp³-hybridized carbons (Fsp3) is 0.854. The van der Waals surface area contributed by atoms with Crippen LogP contribution in [0.15, 0.2) is 0 Å². The van der Waals surface area contributed by atoms with E-state index in [-0.39, 0.29) is 51.0 Å². The van der Waals surface area contributed by atoms with E-state index in [4.69, 9.17) is 0 Å². The highest BCUT2D eigenvalue weighted by atomic mass is 16.2. The van der Waals surface area contributed by atoms with Gasteiger partial charge in [-0.1, -0.05) is 89.0 Å². The SMILES string of the molecule is CCC[C@H](NC(=O)[C@@H]1C[C@@]2(CN1C(=O)[C@@H](NC(=O)N[C@H](CN1CCC(C)(C)CC1=O)C(C)(C)C)C(C)(C)C)C(C)(C)C21CCC1)C(=O)C(=O)NC1CC1. The predicted octanol–water partition coefficient (Wildman–Crippen LogP) is 4.69. The number of rotatable bonds is 12. The first kappa shape index (κ1) is 41.0. The molecule has 2 heterocycles. The van der Waals surface area contributed by atoms with Crippen molar-refractivity contribution >= 4 is 35.4 Å². The van der Waals surface area contributed by atoms with Gasteiger partial charge in [-0.3, -0.25) is 24.0 Å². The number of ketones is 1. The second-order valence-electron chi connectivity index (χ2n) is 20.6. The zero-order chi connectivity index (χ0) is 39.5. The van der Waals surface area contributed by atoms with E-state index in [1.54, 1.807) is 4.90 Å². The van der Waals surface area contributed by atoms with Crippen molar-refractivity contribution in [3.63, 3.8) is 0 Å². The lowest BCUT2D eigenvalue weighted by molar-refractivity contribution is -0.144. The highest BCUT2D eigenvalue weighted by Crippen LogP contribution is 2.88. The van der Waals surface area contributed by atoms with Crippen molar-refractivity contribution in [2.75, 3.05) is 19.6 Å². The van der Waals surface area contributed by atoms with E-state index in [0.717, 1.165) is 38.5 Å². The molecule has 6 amide bonds. The number of carbonyl (C=O) groups is 6. The minimum atomic E-state index is -0.987. The third-order valence-corrected chi connectivity index (χ3v) is 13.9. The number of fused-ring (bicyclic) bond motifs is 1. The number of hydrogen-bond donors (Lipinski definition) is 4. The summed E-state index contributed by atoms with van der Waals surface area (Å²) in [6.45, 7) is 23.7. The third kappa shape index (κ3) is 7.84. The van der Waals surface area contributed by atoms with E-state index in [2.05, 4.69) is 49.0 Å². The Hall–Kier alpha value is -3.18. The van der Waals surface area contributed by atoms with Crippen LogP contribution in [0.25, 0.3) is 0 Å². The minimum Gasteiger partial charge on any atom is -0.347 e. The van der Waals surface area contributed by atoms with Gasteiger partial charge in [0, 0.05) is 37.5 Å². The maximum absolute atomic E-state index is 14.9. The topological polar surface area (TPSA) is 157 Å². The quantitative estimate of drug-likeness (QED) is 0.213. The fourth-order valence-corrected chi connectivity index (χ4v) is 9.80. The summed E-state index contributed by atoms with van der Waals surface area (Å²) in [4.78, 5) is 85.7. The summed E-state index contributed by atoms with van der Waals surface area (Å²) >= 11 is 0. The average molecular weight is 741 g/mol. The van der Waals surface area contributed by atoms with Crippen molar-refractivity contribution in [2.45, 2.75) is 171 Å². The van der Waals surface area contributed by atoms with Gasteiger partial charge in [0.1, 0.15) is 12.1 Å². The second kappa shape index (κ2) is 14.2. The zero-order valence-corrected chi connectivity index (χ0v) is 34.4. The molecule has 0 aromatic heterocycles. The summed E-state index contributed by atoms with van der Waals surface area (Å²) < 4.78 is 0. The Morgan fingerprint density at radius 3 is 2.00 bits per heavy atom. The first-order valence-electron chi connectivity index (χ1n) is 20.2. The summed E-state index contributed by atoms with van der Waals surface area (Å²) in [5, 5.41) is 11.8. The number of urea groups is 1. The molecular formula is C41H68N6O6. The van der Waals surface area contributed by atoms with Crippen LogP contribution >= 0.6 is 0 Å². The van der Waals surface area contributed by atoms with Crippen LogP contribution in [0, 0.1) is 32.5 Å². The molecule has 0 aromatic rings. The standard InChI is InChI=1S/C41H68N6O6/c1-12-14-26(30(49)33(51)42-25-15-16-25)43-32(50)27-21-41(39(10,11)40(41)17-13-18-40)24-47(27)34(52)31(37(5,6)7)45-35(53)44-28(36(2,3)4)23-46-20-19-38(8,9)22-29(46)48/h25-28,31H,12-24H2,1-11H3,(H,42,51)(H,43,50)(H2,44,45,53)/t26-,27-,28+,31+,41+/m0/s1. The van der Waals surface area contributed by atoms with Gasteiger partial charge in [0.25, 0.3) is 5.91 Å². The van der Waals surface area contributed by atoms with Crippen molar-refractivity contribution in [3.05, 3.63) is 0 Å². The Morgan fingerprint density at radius 1 is 0.868 bits per heavy atom. The van der Waals surface area contributed by atoms with E-state index in [1.807, 2.05) is 53.4 Å². The molecule has 0 bridgehead atoms. The number of carbonyl (C=O) groups excluding carboxylic acids is 6. The smallest absolute Gasteiger partial charge is 0.315 e. The van der Waals surface area contributed by atoms with Gasteiger partial charge in [0.2, 0.25) is 23.5 Å². The van der Waals surface area contributed by atoms with Crippen molar-refractivity contribution < 1.29 is 28.8 Å². The van der Waals surface area contributed by atoms with Crippen LogP contribution in [0.1, 0.15) is 140 Å². The molecule has 5 rings (SSSR count). The van der Waals surface area contributed by atoms with Crippen LogP contribution in [-0.2, 0) is 24.0 Å². The molecule has 3 aliphatic carbocycles. The summed E-state index contributed by atoms with van der Waals surface area (Å²) in [7, 11) is 0. The van der Waals surface area contributed by atoms with E-state index in [1.165, 1.54) is 0 Å². The largest absolute Gasteiger partial charge is 0.347 e. The average Bonchev–Trinajstić information content (AvgIpc) is 3.83. The molecule has 53 heavy (non-hydrogen) atoms. The molecule has 5 atom stereocenters. The van der Waals surface area contributed by atoms with Gasteiger partial charge < -0.3 is 31.1 Å². The number of Topliss-reactive ketones (excluding diaryl/α,β-unsaturated/α-hetero) is 1. The molecule has 3 saturated carbocycles. The van der Waals surface area contributed by atoms with Crippen LogP contribution in [0.2, 0.25) is 0 Å². The summed E-state index contributed by atoms with van der Waals surface area (Å²) in [6, 6.07) is -3.68. The number of nitrogens with one attached hydrogen (secondary N) is 4. The molecule has 2 saturated heterocycles. The van der Waals surface area contributed by atoms with Gasteiger partial charge in [0.05, 0.1) is 12.1 Å². The van der Waals surface area contributed by atoms with Crippen LogP contribution in [-0.4, -0.2) is 95.1 Å². The van der Waals surface area contributed by atoms with Gasteiger partial charge in [-0.15, -0.1) is 0 Å². The van der Waals surface area contributed by atoms with Gasteiger partial charge in [-0.2, -0.15) is 0 Å². The first-order valence-corrected chi connectivity index (χ1v) is 20.2. The molecule has 12 heteroatoms. The number of amides is 6. The Bertz CT molecular complexity index is 1480. The number of hydrogen-bond acceptors (Lipinski definition) is 6. The molecule has 5 aliphatic rings. The maximum Gasteiger partial charge on any atom is 0.315 e. The van der Waals surface area contributed by atoms with Crippen LogP contribution in [0.4, 0.5) is 4.79 Å². The number of likely N-dealkylation sites (tertiary alicyclic amines) is 2. The van der Waals surface area contributed by atoms with Gasteiger partial charge in [-0.05, 0) is 72.0 Å². The van der Waals surface area contributed by atoms with Gasteiger partial charge >= 0.3 is 6.03 Å².